The van der Waals surface area contributed by atoms with E-state index in [-0.39, 0.29) is 38.6 Å². The van der Waals surface area contributed by atoms with Gasteiger partial charge in [-0.2, -0.15) is 0 Å². The minimum Gasteiger partial charge on any atom is -0.496 e. The first kappa shape index (κ1) is 22.9. The Kier molecular flexibility index (Phi) is 5.93. The van der Waals surface area contributed by atoms with Crippen molar-refractivity contribution in [1.82, 2.24) is 9.88 Å². The van der Waals surface area contributed by atoms with E-state index in [2.05, 4.69) is 10.3 Å². The van der Waals surface area contributed by atoms with E-state index in [1.54, 1.807) is 0 Å². The van der Waals surface area contributed by atoms with Gasteiger partial charge in [-0.15, -0.1) is 0 Å². The third-order valence-corrected chi connectivity index (χ3v) is 5.66. The van der Waals surface area contributed by atoms with Gasteiger partial charge in [0, 0.05) is 17.6 Å². The molecule has 1 aliphatic heterocycles. The molecule has 1 amide bonds. The van der Waals surface area contributed by atoms with E-state index in [4.69, 9.17) is 39.0 Å². The molecule has 1 fully saturated rings. The largest absolute Gasteiger partial charge is 0.496 e. The van der Waals surface area contributed by atoms with E-state index in [0.29, 0.717) is 10.9 Å². The van der Waals surface area contributed by atoms with Crippen LogP contribution in [0, 0.1) is 5.82 Å². The van der Waals surface area contributed by atoms with Crippen molar-refractivity contribution < 1.29 is 27.4 Å². The van der Waals surface area contributed by atoms with Crippen molar-refractivity contribution in [3.05, 3.63) is 52.9 Å². The van der Waals surface area contributed by atoms with Crippen molar-refractivity contribution in [2.75, 3.05) is 25.5 Å². The summed E-state index contributed by atoms with van der Waals surface area (Å²) in [6, 6.07) is 7.15. The van der Waals surface area contributed by atoms with Gasteiger partial charge in [0.05, 0.1) is 37.0 Å². The van der Waals surface area contributed by atoms with Crippen LogP contribution in [0.25, 0.3) is 10.9 Å². The summed E-state index contributed by atoms with van der Waals surface area (Å²) >= 11 is 11.2. The third-order valence-electron chi connectivity index (χ3n) is 4.93. The van der Waals surface area contributed by atoms with Gasteiger partial charge >= 0.3 is 0 Å². The average Bonchev–Trinajstić information content (AvgIpc) is 2.76. The van der Waals surface area contributed by atoms with Gasteiger partial charge in [0.1, 0.15) is 16.5 Å². The highest BCUT2D eigenvalue weighted by atomic mass is 35.5. The van der Waals surface area contributed by atoms with Crippen LogP contribution in [0.4, 0.5) is 18.9 Å². The van der Waals surface area contributed by atoms with Gasteiger partial charge in [0.15, 0.2) is 16.7 Å². The average molecular weight is 497 g/mol. The number of hydrogen-bond acceptors (Lipinski definition) is 5. The number of rotatable bonds is 5. The number of ether oxygens (including phenoxy) is 2. The van der Waals surface area contributed by atoms with E-state index in [1.165, 1.54) is 48.5 Å². The van der Waals surface area contributed by atoms with E-state index in [1.807, 2.05) is 0 Å². The van der Waals surface area contributed by atoms with Gasteiger partial charge in [-0.25, -0.2) is 13.2 Å². The van der Waals surface area contributed by atoms with Gasteiger partial charge in [-0.3, -0.25) is 9.78 Å². The number of carbonyl (C=O) groups excluding carboxylic acids is 1. The predicted molar refractivity (Wildman–Crippen MR) is 121 cm³/mol. The second-order valence-corrected chi connectivity index (χ2v) is 7.99. The summed E-state index contributed by atoms with van der Waals surface area (Å²) in [5.74, 6) is -4.20. The third kappa shape index (κ3) is 4.46. The SMILES string of the molecule is COc1cc2nccc(Oc3ccc(NC(=S)N4CC(F)(F)C4)c(Cl)c3F)c2cc1C(N)=O. The quantitative estimate of drug-likeness (QED) is 0.500. The number of alkyl halides is 2. The number of benzene rings is 2. The van der Waals surface area contributed by atoms with Crippen LogP contribution < -0.4 is 20.5 Å². The van der Waals surface area contributed by atoms with Crippen molar-refractivity contribution >= 4 is 51.4 Å². The van der Waals surface area contributed by atoms with Gasteiger partial charge in [0.25, 0.3) is 11.8 Å². The van der Waals surface area contributed by atoms with Crippen LogP contribution in [0.5, 0.6) is 17.2 Å². The second kappa shape index (κ2) is 8.56. The topological polar surface area (TPSA) is 89.7 Å². The van der Waals surface area contributed by atoms with Crippen molar-refractivity contribution in [1.29, 1.82) is 0 Å². The number of methoxy groups -OCH3 is 1. The highest BCUT2D eigenvalue weighted by Gasteiger charge is 2.45. The minimum atomic E-state index is -2.80. The summed E-state index contributed by atoms with van der Waals surface area (Å²) in [6.45, 7) is -1.04. The zero-order valence-electron chi connectivity index (χ0n) is 17.0. The summed E-state index contributed by atoms with van der Waals surface area (Å²) < 4.78 is 51.9. The summed E-state index contributed by atoms with van der Waals surface area (Å²) in [6.07, 6.45) is 1.44. The van der Waals surface area contributed by atoms with Crippen LogP contribution in [-0.4, -0.2) is 47.0 Å². The van der Waals surface area contributed by atoms with Crippen LogP contribution in [0.2, 0.25) is 5.02 Å². The molecule has 7 nitrogen and oxygen atoms in total. The van der Waals surface area contributed by atoms with Gasteiger partial charge in [-0.05, 0) is 36.5 Å². The number of thiocarbonyl (C=S) groups is 1. The molecule has 3 N–H and O–H groups in total. The van der Waals surface area contributed by atoms with Crippen LogP contribution in [0.15, 0.2) is 36.5 Å². The molecule has 0 radical (unpaired) electrons. The van der Waals surface area contributed by atoms with E-state index < -0.39 is 30.7 Å². The molecule has 2 aromatic carbocycles. The molecule has 0 atom stereocenters. The second-order valence-electron chi connectivity index (χ2n) is 7.23. The molecule has 1 aliphatic rings. The number of pyridine rings is 1. The fourth-order valence-electron chi connectivity index (χ4n) is 3.27. The normalized spacial score (nSPS) is 14.5. The number of nitrogens with zero attached hydrogens (tertiary/aromatic N) is 2. The van der Waals surface area contributed by atoms with Crippen molar-refractivity contribution in [3.8, 4) is 17.2 Å². The Hall–Kier alpha value is -3.31. The lowest BCUT2D eigenvalue weighted by Gasteiger charge is -2.40. The molecule has 2 heterocycles. The van der Waals surface area contributed by atoms with Crippen molar-refractivity contribution in [2.45, 2.75) is 5.92 Å². The lowest BCUT2D eigenvalue weighted by Crippen LogP contribution is -2.59. The van der Waals surface area contributed by atoms with Crippen LogP contribution >= 0.6 is 23.8 Å². The standard InChI is InChI=1S/C21H16ClF3N4O3S/c1-31-16-7-13-10(6-11(16)19(26)30)14(4-5-27-13)32-15-3-2-12(17(22)18(15)23)28-20(33)29-8-21(24,25)9-29/h2-7H,8-9H2,1H3,(H2,26,30)(H,28,33). The van der Waals surface area contributed by atoms with Crippen LogP contribution in [0.1, 0.15) is 10.4 Å². The Morgan fingerprint density at radius 3 is 2.61 bits per heavy atom. The molecule has 4 rings (SSSR count). The Labute approximate surface area is 196 Å². The summed E-state index contributed by atoms with van der Waals surface area (Å²) in [5, 5.41) is 2.73. The zero-order chi connectivity index (χ0) is 23.9. The molecule has 1 saturated heterocycles. The van der Waals surface area contributed by atoms with Crippen molar-refractivity contribution in [3.63, 3.8) is 0 Å². The number of carbonyl (C=O) groups is 1. The maximum absolute atomic E-state index is 15.0. The molecule has 0 bridgehead atoms. The van der Waals surface area contributed by atoms with Gasteiger partial charge < -0.3 is 25.4 Å². The highest BCUT2D eigenvalue weighted by Crippen LogP contribution is 2.38. The van der Waals surface area contributed by atoms with Crippen molar-refractivity contribution in [2.24, 2.45) is 5.73 Å². The highest BCUT2D eigenvalue weighted by molar-refractivity contribution is 7.80. The Bertz CT molecular complexity index is 1280. The summed E-state index contributed by atoms with van der Waals surface area (Å²) in [5.41, 5.74) is 6.04. The molecule has 172 valence electrons. The molecular weight excluding hydrogens is 481 g/mol. The number of halogens is 4. The number of amides is 1. The Balaban J connectivity index is 1.62. The molecule has 1 aromatic heterocycles. The van der Waals surface area contributed by atoms with Crippen LogP contribution in [0.3, 0.4) is 0 Å². The molecule has 0 aliphatic carbocycles. The number of aromatic nitrogens is 1. The molecular formula is C21H16ClF3N4O3S. The number of fused-ring (bicyclic) bond motifs is 1. The maximum Gasteiger partial charge on any atom is 0.282 e. The zero-order valence-corrected chi connectivity index (χ0v) is 18.6. The van der Waals surface area contributed by atoms with E-state index in [0.717, 1.165) is 0 Å². The Morgan fingerprint density at radius 2 is 1.97 bits per heavy atom. The number of primary amides is 1. The van der Waals surface area contributed by atoms with Gasteiger partial charge in [-0.1, -0.05) is 11.6 Å². The number of hydrogen-bond donors (Lipinski definition) is 2. The molecule has 0 spiro atoms. The molecule has 0 saturated carbocycles. The summed E-state index contributed by atoms with van der Waals surface area (Å²) in [7, 11) is 1.39. The van der Waals surface area contributed by atoms with Gasteiger partial charge in [0.2, 0.25) is 0 Å². The monoisotopic (exact) mass is 496 g/mol. The molecule has 33 heavy (non-hydrogen) atoms. The molecule has 0 unspecified atom stereocenters. The van der Waals surface area contributed by atoms with E-state index in [9.17, 15) is 18.0 Å². The number of nitrogens with one attached hydrogen (secondary N) is 1. The first-order valence-corrected chi connectivity index (χ1v) is 10.2. The van der Waals surface area contributed by atoms with Crippen LogP contribution in [-0.2, 0) is 0 Å². The predicted octanol–water partition coefficient (Wildman–Crippen LogP) is 4.57. The fraction of sp³-hybridized carbons (Fsp3) is 0.190. The number of nitrogens with two attached hydrogens (primary N) is 1. The fourth-order valence-corrected chi connectivity index (χ4v) is 3.72. The smallest absolute Gasteiger partial charge is 0.282 e. The number of likely N-dealkylation sites (tertiary alicyclic amines) is 1. The first-order chi connectivity index (χ1) is 15.6. The Morgan fingerprint density at radius 1 is 1.24 bits per heavy atom. The van der Waals surface area contributed by atoms with E-state index >= 15 is 0 Å². The first-order valence-electron chi connectivity index (χ1n) is 9.46. The summed E-state index contributed by atoms with van der Waals surface area (Å²) in [4.78, 5) is 17.2. The lowest BCUT2D eigenvalue weighted by atomic mass is 10.1. The number of anilines is 1. The lowest BCUT2D eigenvalue weighted by molar-refractivity contribution is -0.0999. The molecule has 3 aromatic rings. The molecule has 12 heteroatoms. The minimum absolute atomic E-state index is 0.00366. The maximum atomic E-state index is 15.0.